The van der Waals surface area contributed by atoms with Crippen LogP contribution in [-0.4, -0.2) is 29.0 Å². The average molecular weight is 346 g/mol. The predicted molar refractivity (Wildman–Crippen MR) is 96.4 cm³/mol. The lowest BCUT2D eigenvalue weighted by Crippen LogP contribution is -2.30. The van der Waals surface area contributed by atoms with E-state index in [0.717, 1.165) is 11.5 Å². The number of phenols is 1. The second-order valence-electron chi connectivity index (χ2n) is 5.50. The van der Waals surface area contributed by atoms with Crippen LogP contribution in [0.5, 0.6) is 11.5 Å². The first kappa shape index (κ1) is 18.2. The van der Waals surface area contributed by atoms with Crippen molar-refractivity contribution in [1.82, 2.24) is 0 Å². The van der Waals surface area contributed by atoms with Crippen LogP contribution in [0.25, 0.3) is 0 Å². The zero-order chi connectivity index (χ0) is 17.4. The van der Waals surface area contributed by atoms with E-state index in [2.05, 4.69) is 12.1 Å². The standard InChI is InChI=1S/C19H22O4S/c1-14(12-24-13-16-6-4-3-5-7-16)22-19(21)15(2)23-18-10-8-17(20)9-11-18/h3-11,14-15,20H,12-13H2,1-2H3. The first-order valence-electron chi connectivity index (χ1n) is 7.82. The minimum atomic E-state index is -0.698. The van der Waals surface area contributed by atoms with Crippen molar-refractivity contribution in [2.75, 3.05) is 5.75 Å². The van der Waals surface area contributed by atoms with Gasteiger partial charge in [0.2, 0.25) is 0 Å². The molecule has 0 spiro atoms. The van der Waals surface area contributed by atoms with Crippen LogP contribution < -0.4 is 4.74 Å². The van der Waals surface area contributed by atoms with Crippen LogP contribution in [0, 0.1) is 0 Å². The molecule has 0 radical (unpaired) electrons. The largest absolute Gasteiger partial charge is 0.508 e. The van der Waals surface area contributed by atoms with Crippen molar-refractivity contribution in [1.29, 1.82) is 0 Å². The fourth-order valence-corrected chi connectivity index (χ4v) is 2.97. The van der Waals surface area contributed by atoms with Crippen molar-refractivity contribution in [3.05, 3.63) is 60.2 Å². The number of rotatable bonds is 8. The van der Waals surface area contributed by atoms with Crippen LogP contribution in [-0.2, 0) is 15.3 Å². The van der Waals surface area contributed by atoms with Crippen molar-refractivity contribution in [2.24, 2.45) is 0 Å². The summed E-state index contributed by atoms with van der Waals surface area (Å²) in [5.41, 5.74) is 1.25. The van der Waals surface area contributed by atoms with Gasteiger partial charge in [-0.2, -0.15) is 11.8 Å². The molecule has 2 unspecified atom stereocenters. The molecule has 1 N–H and O–H groups in total. The van der Waals surface area contributed by atoms with Gasteiger partial charge in [0.1, 0.15) is 17.6 Å². The number of hydrogen-bond donors (Lipinski definition) is 1. The van der Waals surface area contributed by atoms with Crippen molar-refractivity contribution in [3.63, 3.8) is 0 Å². The van der Waals surface area contributed by atoms with E-state index in [-0.39, 0.29) is 11.9 Å². The van der Waals surface area contributed by atoms with Crippen LogP contribution in [0.3, 0.4) is 0 Å². The maximum Gasteiger partial charge on any atom is 0.347 e. The van der Waals surface area contributed by atoms with E-state index < -0.39 is 12.1 Å². The molecule has 0 amide bonds. The molecular weight excluding hydrogens is 324 g/mol. The second-order valence-corrected chi connectivity index (χ2v) is 6.53. The summed E-state index contributed by atoms with van der Waals surface area (Å²) in [6.07, 6.45) is -0.881. The first-order chi connectivity index (χ1) is 11.5. The molecule has 128 valence electrons. The Kier molecular flexibility index (Phi) is 7.00. The number of aromatic hydroxyl groups is 1. The minimum Gasteiger partial charge on any atom is -0.508 e. The molecule has 24 heavy (non-hydrogen) atoms. The third-order valence-electron chi connectivity index (χ3n) is 3.26. The van der Waals surface area contributed by atoms with Gasteiger partial charge in [-0.15, -0.1) is 0 Å². The van der Waals surface area contributed by atoms with Gasteiger partial charge in [0.05, 0.1) is 0 Å². The highest BCUT2D eigenvalue weighted by molar-refractivity contribution is 7.98. The molecule has 2 aromatic carbocycles. The number of ether oxygens (including phenoxy) is 2. The fourth-order valence-electron chi connectivity index (χ4n) is 2.02. The zero-order valence-electron chi connectivity index (χ0n) is 13.8. The van der Waals surface area contributed by atoms with Gasteiger partial charge < -0.3 is 14.6 Å². The van der Waals surface area contributed by atoms with Gasteiger partial charge in [-0.3, -0.25) is 0 Å². The molecule has 0 saturated carbocycles. The average Bonchev–Trinajstić information content (AvgIpc) is 2.58. The topological polar surface area (TPSA) is 55.8 Å². The lowest BCUT2D eigenvalue weighted by Gasteiger charge is -2.18. The summed E-state index contributed by atoms with van der Waals surface area (Å²) >= 11 is 1.73. The quantitative estimate of drug-likeness (QED) is 0.732. The Morgan fingerprint density at radius 2 is 1.75 bits per heavy atom. The second kappa shape index (κ2) is 9.23. The van der Waals surface area contributed by atoms with Gasteiger partial charge in [0.25, 0.3) is 0 Å². The third kappa shape index (κ3) is 6.16. The van der Waals surface area contributed by atoms with E-state index in [1.165, 1.54) is 17.7 Å². The van der Waals surface area contributed by atoms with Crippen molar-refractivity contribution >= 4 is 17.7 Å². The number of hydrogen-bond acceptors (Lipinski definition) is 5. The lowest BCUT2D eigenvalue weighted by molar-refractivity contribution is -0.154. The number of benzene rings is 2. The van der Waals surface area contributed by atoms with E-state index in [0.29, 0.717) is 5.75 Å². The Balaban J connectivity index is 1.71. The molecule has 0 fully saturated rings. The minimum absolute atomic E-state index is 0.154. The van der Waals surface area contributed by atoms with Gasteiger partial charge in [0.15, 0.2) is 6.10 Å². The molecule has 5 heteroatoms. The Labute approximate surface area is 146 Å². The maximum atomic E-state index is 12.1. The SMILES string of the molecule is CC(CSCc1ccccc1)OC(=O)C(C)Oc1ccc(O)cc1. The highest BCUT2D eigenvalue weighted by atomic mass is 32.2. The highest BCUT2D eigenvalue weighted by Crippen LogP contribution is 2.18. The monoisotopic (exact) mass is 346 g/mol. The van der Waals surface area contributed by atoms with Crippen LogP contribution in [0.1, 0.15) is 19.4 Å². The molecule has 0 aromatic heterocycles. The van der Waals surface area contributed by atoms with Crippen molar-refractivity contribution in [3.8, 4) is 11.5 Å². The van der Waals surface area contributed by atoms with Gasteiger partial charge in [-0.05, 0) is 43.7 Å². The lowest BCUT2D eigenvalue weighted by atomic mass is 10.2. The Hall–Kier alpha value is -2.14. The zero-order valence-corrected chi connectivity index (χ0v) is 14.7. The molecule has 4 nitrogen and oxygen atoms in total. The number of thioether (sulfide) groups is 1. The maximum absolute atomic E-state index is 12.1. The van der Waals surface area contributed by atoms with E-state index in [1.54, 1.807) is 30.8 Å². The number of esters is 1. The molecule has 0 heterocycles. The first-order valence-corrected chi connectivity index (χ1v) is 8.98. The molecule has 0 aliphatic rings. The Morgan fingerprint density at radius 1 is 1.08 bits per heavy atom. The Morgan fingerprint density at radius 3 is 2.42 bits per heavy atom. The van der Waals surface area contributed by atoms with Gasteiger partial charge >= 0.3 is 5.97 Å². The fraction of sp³-hybridized carbons (Fsp3) is 0.316. The molecule has 0 saturated heterocycles. The predicted octanol–water partition coefficient (Wildman–Crippen LogP) is 4.02. The van der Waals surface area contributed by atoms with Crippen LogP contribution in [0.2, 0.25) is 0 Å². The van der Waals surface area contributed by atoms with E-state index >= 15 is 0 Å². The van der Waals surface area contributed by atoms with Gasteiger partial charge in [0, 0.05) is 11.5 Å². The summed E-state index contributed by atoms with van der Waals surface area (Å²) in [7, 11) is 0. The molecule has 2 atom stereocenters. The third-order valence-corrected chi connectivity index (χ3v) is 4.51. The summed E-state index contributed by atoms with van der Waals surface area (Å²) in [5, 5.41) is 9.23. The van der Waals surface area contributed by atoms with E-state index in [9.17, 15) is 9.90 Å². The Bertz CT molecular complexity index is 628. The van der Waals surface area contributed by atoms with Crippen molar-refractivity contribution < 1.29 is 19.4 Å². The van der Waals surface area contributed by atoms with E-state index in [4.69, 9.17) is 9.47 Å². The van der Waals surface area contributed by atoms with Crippen LogP contribution in [0.4, 0.5) is 0 Å². The summed E-state index contributed by atoms with van der Waals surface area (Å²) in [6.45, 7) is 3.53. The highest BCUT2D eigenvalue weighted by Gasteiger charge is 2.19. The molecule has 0 aliphatic carbocycles. The number of carbonyl (C=O) groups is 1. The molecule has 2 aromatic rings. The van der Waals surface area contributed by atoms with Gasteiger partial charge in [-0.25, -0.2) is 4.79 Å². The summed E-state index contributed by atoms with van der Waals surface area (Å²) in [6, 6.07) is 16.4. The smallest absolute Gasteiger partial charge is 0.347 e. The summed E-state index contributed by atoms with van der Waals surface area (Å²) < 4.78 is 10.9. The number of carbonyl (C=O) groups excluding carboxylic acids is 1. The summed E-state index contributed by atoms with van der Waals surface area (Å²) in [4.78, 5) is 12.1. The molecular formula is C19H22O4S. The van der Waals surface area contributed by atoms with Crippen molar-refractivity contribution in [2.45, 2.75) is 31.8 Å². The number of phenolic OH excluding ortho intramolecular Hbond substituents is 1. The summed E-state index contributed by atoms with van der Waals surface area (Å²) in [5.74, 6) is 1.90. The molecule has 2 rings (SSSR count). The van der Waals surface area contributed by atoms with Crippen LogP contribution >= 0.6 is 11.8 Å². The van der Waals surface area contributed by atoms with E-state index in [1.807, 2.05) is 25.1 Å². The normalized spacial score (nSPS) is 13.1. The molecule has 0 aliphatic heterocycles. The van der Waals surface area contributed by atoms with Gasteiger partial charge in [-0.1, -0.05) is 30.3 Å². The van der Waals surface area contributed by atoms with Crippen LogP contribution in [0.15, 0.2) is 54.6 Å². The molecule has 0 bridgehead atoms.